The van der Waals surface area contributed by atoms with Crippen LogP contribution in [0.3, 0.4) is 0 Å². The van der Waals surface area contributed by atoms with Crippen molar-refractivity contribution in [3.8, 4) is 6.07 Å². The van der Waals surface area contributed by atoms with Gasteiger partial charge in [0.05, 0.1) is 11.0 Å². The summed E-state index contributed by atoms with van der Waals surface area (Å²) in [6, 6.07) is 6.08. The molecule has 0 amide bonds. The molecule has 18 heavy (non-hydrogen) atoms. The maximum Gasteiger partial charge on any atom is 0.244 e. The standard InChI is InChI=1S/C12H13FN2O2S/c13-10-4-6-12(7-5-10)18(16,17)15-8-2-1-3-11(15)9-14/h4-7,11H,1-3,8H2. The highest BCUT2D eigenvalue weighted by atomic mass is 32.2. The number of rotatable bonds is 2. The third-order valence-corrected chi connectivity index (χ3v) is 4.95. The molecule has 1 aliphatic rings. The van der Waals surface area contributed by atoms with Gasteiger partial charge in [0.25, 0.3) is 0 Å². The van der Waals surface area contributed by atoms with Gasteiger partial charge in [0.2, 0.25) is 10.0 Å². The van der Waals surface area contributed by atoms with Crippen LogP contribution in [0, 0.1) is 17.1 Å². The first-order chi connectivity index (χ1) is 8.55. The molecule has 0 radical (unpaired) electrons. The molecule has 1 atom stereocenters. The fourth-order valence-electron chi connectivity index (χ4n) is 2.06. The van der Waals surface area contributed by atoms with Crippen LogP contribution in [-0.4, -0.2) is 25.3 Å². The number of sulfonamides is 1. The Morgan fingerprint density at radius 3 is 2.56 bits per heavy atom. The van der Waals surface area contributed by atoms with Crippen molar-refractivity contribution in [1.29, 1.82) is 5.26 Å². The van der Waals surface area contributed by atoms with Gasteiger partial charge < -0.3 is 0 Å². The molecule has 0 aromatic heterocycles. The summed E-state index contributed by atoms with van der Waals surface area (Å²) in [5, 5.41) is 9.00. The van der Waals surface area contributed by atoms with E-state index in [2.05, 4.69) is 0 Å². The van der Waals surface area contributed by atoms with Gasteiger partial charge in [0.15, 0.2) is 0 Å². The van der Waals surface area contributed by atoms with E-state index in [1.807, 2.05) is 6.07 Å². The van der Waals surface area contributed by atoms with Crippen molar-refractivity contribution < 1.29 is 12.8 Å². The smallest absolute Gasteiger partial charge is 0.207 e. The van der Waals surface area contributed by atoms with Crippen LogP contribution in [0.5, 0.6) is 0 Å². The minimum atomic E-state index is -3.70. The Morgan fingerprint density at radius 1 is 1.28 bits per heavy atom. The number of nitriles is 1. The molecule has 0 N–H and O–H groups in total. The Labute approximate surface area is 106 Å². The molecular weight excluding hydrogens is 255 g/mol. The van der Waals surface area contributed by atoms with E-state index >= 15 is 0 Å². The molecule has 1 fully saturated rings. The Balaban J connectivity index is 2.35. The lowest BCUT2D eigenvalue weighted by molar-refractivity contribution is 0.297. The average Bonchev–Trinajstić information content (AvgIpc) is 2.39. The quantitative estimate of drug-likeness (QED) is 0.823. The third kappa shape index (κ3) is 2.37. The van der Waals surface area contributed by atoms with Crippen molar-refractivity contribution in [1.82, 2.24) is 4.31 Å². The molecule has 1 aromatic carbocycles. The topological polar surface area (TPSA) is 61.2 Å². The summed E-state index contributed by atoms with van der Waals surface area (Å²) in [6.07, 6.45) is 2.16. The third-order valence-electron chi connectivity index (χ3n) is 3.02. The SMILES string of the molecule is N#CC1CCCCN1S(=O)(=O)c1ccc(F)cc1. The number of halogens is 1. The average molecular weight is 268 g/mol. The molecule has 0 saturated carbocycles. The summed E-state index contributed by atoms with van der Waals surface area (Å²) in [6.45, 7) is 0.345. The zero-order valence-corrected chi connectivity index (χ0v) is 10.5. The summed E-state index contributed by atoms with van der Waals surface area (Å²) >= 11 is 0. The molecule has 0 aliphatic carbocycles. The highest BCUT2D eigenvalue weighted by molar-refractivity contribution is 7.89. The van der Waals surface area contributed by atoms with Crippen molar-refractivity contribution in [2.75, 3.05) is 6.54 Å². The maximum atomic E-state index is 12.8. The maximum absolute atomic E-state index is 12.8. The minimum absolute atomic E-state index is 0.0334. The summed E-state index contributed by atoms with van der Waals surface area (Å²) < 4.78 is 38.7. The number of piperidine rings is 1. The first-order valence-corrected chi connectivity index (χ1v) is 7.17. The van der Waals surface area contributed by atoms with Crippen molar-refractivity contribution >= 4 is 10.0 Å². The second-order valence-electron chi connectivity index (χ2n) is 4.21. The summed E-state index contributed by atoms with van der Waals surface area (Å²) in [5.74, 6) is -0.482. The molecule has 0 spiro atoms. The first-order valence-electron chi connectivity index (χ1n) is 5.73. The van der Waals surface area contributed by atoms with Gasteiger partial charge in [-0.1, -0.05) is 0 Å². The van der Waals surface area contributed by atoms with Crippen molar-refractivity contribution in [3.63, 3.8) is 0 Å². The van der Waals surface area contributed by atoms with Crippen LogP contribution in [0.25, 0.3) is 0 Å². The normalized spacial score (nSPS) is 21.4. The van der Waals surface area contributed by atoms with Crippen LogP contribution < -0.4 is 0 Å². The Kier molecular flexibility index (Phi) is 3.64. The van der Waals surface area contributed by atoms with Crippen LogP contribution in [0.1, 0.15) is 19.3 Å². The van der Waals surface area contributed by atoms with Crippen LogP contribution in [0.2, 0.25) is 0 Å². The fraction of sp³-hybridized carbons (Fsp3) is 0.417. The molecular formula is C12H13FN2O2S. The zero-order valence-electron chi connectivity index (χ0n) is 9.71. The lowest BCUT2D eigenvalue weighted by Gasteiger charge is -2.30. The summed E-state index contributed by atoms with van der Waals surface area (Å²) in [5.41, 5.74) is 0. The van der Waals surface area contributed by atoms with Gasteiger partial charge in [-0.2, -0.15) is 9.57 Å². The monoisotopic (exact) mass is 268 g/mol. The predicted octanol–water partition coefficient (Wildman–Crippen LogP) is 1.89. The summed E-state index contributed by atoms with van der Waals surface area (Å²) in [7, 11) is -3.70. The lowest BCUT2D eigenvalue weighted by Crippen LogP contribution is -2.42. The van der Waals surface area contributed by atoms with E-state index in [0.29, 0.717) is 13.0 Å². The second kappa shape index (κ2) is 5.04. The van der Waals surface area contributed by atoms with E-state index in [0.717, 1.165) is 25.0 Å². The number of hydrogen-bond acceptors (Lipinski definition) is 3. The van der Waals surface area contributed by atoms with E-state index in [9.17, 15) is 12.8 Å². The van der Waals surface area contributed by atoms with E-state index in [4.69, 9.17) is 5.26 Å². The van der Waals surface area contributed by atoms with Crippen molar-refractivity contribution in [2.45, 2.75) is 30.2 Å². The molecule has 1 aliphatic heterocycles. The van der Waals surface area contributed by atoms with Crippen molar-refractivity contribution in [2.24, 2.45) is 0 Å². The molecule has 2 rings (SSSR count). The Morgan fingerprint density at radius 2 is 1.94 bits per heavy atom. The minimum Gasteiger partial charge on any atom is -0.207 e. The second-order valence-corrected chi connectivity index (χ2v) is 6.10. The van der Waals surface area contributed by atoms with Gasteiger partial charge in [0.1, 0.15) is 11.9 Å². The van der Waals surface area contributed by atoms with E-state index in [1.165, 1.54) is 16.4 Å². The van der Waals surface area contributed by atoms with Gasteiger partial charge in [-0.3, -0.25) is 0 Å². The highest BCUT2D eigenvalue weighted by Gasteiger charge is 2.33. The van der Waals surface area contributed by atoms with Gasteiger partial charge in [-0.05, 0) is 43.5 Å². The predicted molar refractivity (Wildman–Crippen MR) is 63.5 cm³/mol. The van der Waals surface area contributed by atoms with Crippen LogP contribution in [0.15, 0.2) is 29.2 Å². The van der Waals surface area contributed by atoms with Crippen LogP contribution in [-0.2, 0) is 10.0 Å². The highest BCUT2D eigenvalue weighted by Crippen LogP contribution is 2.24. The van der Waals surface area contributed by atoms with E-state index < -0.39 is 21.9 Å². The molecule has 1 aromatic rings. The molecule has 96 valence electrons. The van der Waals surface area contributed by atoms with Gasteiger partial charge in [-0.25, -0.2) is 12.8 Å². The number of nitrogens with zero attached hydrogens (tertiary/aromatic N) is 2. The van der Waals surface area contributed by atoms with Crippen LogP contribution >= 0.6 is 0 Å². The lowest BCUT2D eigenvalue weighted by atomic mass is 10.1. The Hall–Kier alpha value is -1.45. The van der Waals surface area contributed by atoms with Crippen LogP contribution in [0.4, 0.5) is 4.39 Å². The van der Waals surface area contributed by atoms with Crippen molar-refractivity contribution in [3.05, 3.63) is 30.1 Å². The molecule has 1 unspecified atom stereocenters. The molecule has 1 heterocycles. The van der Waals surface area contributed by atoms with Gasteiger partial charge in [0, 0.05) is 6.54 Å². The molecule has 1 saturated heterocycles. The van der Waals surface area contributed by atoms with E-state index in [-0.39, 0.29) is 4.90 Å². The largest absolute Gasteiger partial charge is 0.244 e. The summed E-state index contributed by atoms with van der Waals surface area (Å²) in [4.78, 5) is 0.0334. The number of benzene rings is 1. The van der Waals surface area contributed by atoms with E-state index in [1.54, 1.807) is 0 Å². The molecule has 0 bridgehead atoms. The first kappa shape index (κ1) is 13.0. The van der Waals surface area contributed by atoms with Gasteiger partial charge in [-0.15, -0.1) is 0 Å². The Bertz CT molecular complexity index is 563. The molecule has 4 nitrogen and oxygen atoms in total. The van der Waals surface area contributed by atoms with Gasteiger partial charge >= 0.3 is 0 Å². The fourth-order valence-corrected chi connectivity index (χ4v) is 3.67. The number of hydrogen-bond donors (Lipinski definition) is 0. The zero-order chi connectivity index (χ0) is 13.2. The molecule has 6 heteroatoms.